The van der Waals surface area contributed by atoms with Gasteiger partial charge in [0.15, 0.2) is 0 Å². The third kappa shape index (κ3) is 11.6. The highest BCUT2D eigenvalue weighted by Gasteiger charge is 2.07. The van der Waals surface area contributed by atoms with Gasteiger partial charge in [0.1, 0.15) is 0 Å². The fraction of sp³-hybridized carbons (Fsp3) is 0.923. The van der Waals surface area contributed by atoms with E-state index in [4.69, 9.17) is 10.2 Å². The first-order valence-corrected chi connectivity index (χ1v) is 6.75. The Morgan fingerprint density at radius 3 is 2.29 bits per heavy atom. The molecule has 0 saturated carbocycles. The number of rotatable bonds is 6. The molecule has 1 saturated heterocycles. The van der Waals surface area contributed by atoms with Crippen LogP contribution in [-0.2, 0) is 4.79 Å². The molecule has 102 valence electrons. The van der Waals surface area contributed by atoms with Crippen LogP contribution in [0.4, 0.5) is 0 Å². The van der Waals surface area contributed by atoms with E-state index in [1.165, 1.54) is 32.4 Å². The Hall–Kier alpha value is -0.610. The summed E-state index contributed by atoms with van der Waals surface area (Å²) in [6, 6.07) is 0. The van der Waals surface area contributed by atoms with Gasteiger partial charge < -0.3 is 15.1 Å². The van der Waals surface area contributed by atoms with Crippen molar-refractivity contribution in [3.8, 4) is 0 Å². The zero-order valence-electron chi connectivity index (χ0n) is 11.0. The largest absolute Gasteiger partial charge is 0.481 e. The maximum Gasteiger partial charge on any atom is 0.303 e. The first-order valence-electron chi connectivity index (χ1n) is 6.75. The van der Waals surface area contributed by atoms with Crippen molar-refractivity contribution in [2.45, 2.75) is 51.9 Å². The number of likely N-dealkylation sites (tertiary alicyclic amines) is 1. The third-order valence-electron chi connectivity index (χ3n) is 2.86. The number of carboxylic acid groups (broad SMARTS) is 1. The second kappa shape index (κ2) is 11.9. The van der Waals surface area contributed by atoms with Crippen LogP contribution in [-0.4, -0.2) is 47.3 Å². The maximum atomic E-state index is 9.87. The SMILES string of the molecule is CCCCCC(=O)O.OCCN1CCCCC1. The monoisotopic (exact) mass is 245 g/mol. The Labute approximate surface area is 105 Å². The molecule has 1 fully saturated rings. The number of aliphatic hydroxyl groups excluding tert-OH is 1. The number of carbonyl (C=O) groups is 1. The summed E-state index contributed by atoms with van der Waals surface area (Å²) >= 11 is 0. The molecule has 2 N–H and O–H groups in total. The van der Waals surface area contributed by atoms with E-state index in [1.54, 1.807) is 0 Å². The van der Waals surface area contributed by atoms with E-state index >= 15 is 0 Å². The molecule has 0 spiro atoms. The number of unbranched alkanes of at least 4 members (excludes halogenated alkanes) is 2. The van der Waals surface area contributed by atoms with Gasteiger partial charge in [0.2, 0.25) is 0 Å². The molecule has 1 heterocycles. The molecular formula is C13H27NO3. The van der Waals surface area contributed by atoms with Crippen molar-refractivity contribution >= 4 is 5.97 Å². The Morgan fingerprint density at radius 1 is 1.18 bits per heavy atom. The minimum atomic E-state index is -0.682. The van der Waals surface area contributed by atoms with Gasteiger partial charge in [0.05, 0.1) is 6.61 Å². The molecule has 1 aliphatic rings. The second-order valence-electron chi connectivity index (χ2n) is 4.48. The summed E-state index contributed by atoms with van der Waals surface area (Å²) in [4.78, 5) is 12.2. The van der Waals surface area contributed by atoms with E-state index in [9.17, 15) is 4.79 Å². The minimum absolute atomic E-state index is 0.319. The smallest absolute Gasteiger partial charge is 0.303 e. The Bertz CT molecular complexity index is 177. The molecule has 1 aliphatic heterocycles. The Kier molecular flexibility index (Phi) is 11.4. The van der Waals surface area contributed by atoms with E-state index in [2.05, 4.69) is 11.8 Å². The van der Waals surface area contributed by atoms with E-state index in [1.807, 2.05) is 0 Å². The average molecular weight is 245 g/mol. The van der Waals surface area contributed by atoms with E-state index in [-0.39, 0.29) is 0 Å². The fourth-order valence-electron chi connectivity index (χ4n) is 1.85. The van der Waals surface area contributed by atoms with Gasteiger partial charge in [0, 0.05) is 13.0 Å². The number of piperidine rings is 1. The predicted octanol–water partition coefficient (Wildman–Crippen LogP) is 2.12. The van der Waals surface area contributed by atoms with Crippen LogP contribution >= 0.6 is 0 Å². The van der Waals surface area contributed by atoms with Gasteiger partial charge in [-0.2, -0.15) is 0 Å². The van der Waals surface area contributed by atoms with Crippen LogP contribution in [0.2, 0.25) is 0 Å². The molecule has 0 aliphatic carbocycles. The van der Waals surface area contributed by atoms with Crippen LogP contribution in [0, 0.1) is 0 Å². The highest BCUT2D eigenvalue weighted by Crippen LogP contribution is 2.06. The fourth-order valence-corrected chi connectivity index (χ4v) is 1.85. The van der Waals surface area contributed by atoms with Crippen molar-refractivity contribution < 1.29 is 15.0 Å². The summed E-state index contributed by atoms with van der Waals surface area (Å²) in [5.74, 6) is -0.682. The molecule has 0 unspecified atom stereocenters. The van der Waals surface area contributed by atoms with Crippen molar-refractivity contribution in [2.75, 3.05) is 26.2 Å². The molecule has 0 bridgehead atoms. The normalized spacial score (nSPS) is 16.1. The van der Waals surface area contributed by atoms with Gasteiger partial charge in [-0.05, 0) is 32.4 Å². The van der Waals surface area contributed by atoms with Crippen LogP contribution < -0.4 is 0 Å². The maximum absolute atomic E-state index is 9.87. The summed E-state index contributed by atoms with van der Waals surface area (Å²) in [6.45, 7) is 5.64. The second-order valence-corrected chi connectivity index (χ2v) is 4.48. The number of aliphatic carboxylic acids is 1. The summed E-state index contributed by atoms with van der Waals surface area (Å²) < 4.78 is 0. The number of β-amino-alcohol motifs (C(OH)–C–C–N with tert-alkyl or cyclic N) is 1. The first kappa shape index (κ1) is 16.4. The number of hydrogen-bond acceptors (Lipinski definition) is 3. The average Bonchev–Trinajstić information content (AvgIpc) is 2.32. The molecule has 0 aromatic rings. The summed E-state index contributed by atoms with van der Waals surface area (Å²) in [6.07, 6.45) is 7.29. The highest BCUT2D eigenvalue weighted by molar-refractivity contribution is 5.66. The lowest BCUT2D eigenvalue weighted by Gasteiger charge is -2.25. The summed E-state index contributed by atoms with van der Waals surface area (Å²) in [7, 11) is 0. The van der Waals surface area contributed by atoms with Crippen molar-refractivity contribution in [3.05, 3.63) is 0 Å². The zero-order chi connectivity index (χ0) is 12.9. The first-order chi connectivity index (χ1) is 8.20. The van der Waals surface area contributed by atoms with E-state index in [0.717, 1.165) is 25.8 Å². The number of hydrogen-bond donors (Lipinski definition) is 2. The molecule has 0 aromatic heterocycles. The minimum Gasteiger partial charge on any atom is -0.481 e. The number of nitrogens with zero attached hydrogens (tertiary/aromatic N) is 1. The van der Waals surface area contributed by atoms with Crippen LogP contribution in [0.25, 0.3) is 0 Å². The molecular weight excluding hydrogens is 218 g/mol. The lowest BCUT2D eigenvalue weighted by Crippen LogP contribution is -2.31. The molecule has 1 rings (SSSR count). The molecule has 0 aromatic carbocycles. The molecule has 4 heteroatoms. The van der Waals surface area contributed by atoms with Gasteiger partial charge in [-0.15, -0.1) is 0 Å². The highest BCUT2D eigenvalue weighted by atomic mass is 16.4. The third-order valence-corrected chi connectivity index (χ3v) is 2.86. The standard InChI is InChI=1S/C7H15NO.C6H12O2/c9-7-6-8-4-2-1-3-5-8;1-2-3-4-5-6(7)8/h9H,1-7H2;2-5H2,1H3,(H,7,8). The molecule has 0 atom stereocenters. The quantitative estimate of drug-likeness (QED) is 0.704. The molecule has 17 heavy (non-hydrogen) atoms. The van der Waals surface area contributed by atoms with Gasteiger partial charge in [0.25, 0.3) is 0 Å². The van der Waals surface area contributed by atoms with E-state index in [0.29, 0.717) is 13.0 Å². The van der Waals surface area contributed by atoms with Gasteiger partial charge in [-0.1, -0.05) is 26.2 Å². The van der Waals surface area contributed by atoms with Gasteiger partial charge in [-0.25, -0.2) is 0 Å². The van der Waals surface area contributed by atoms with Crippen LogP contribution in [0.15, 0.2) is 0 Å². The Balaban J connectivity index is 0.000000304. The van der Waals surface area contributed by atoms with Crippen molar-refractivity contribution in [1.29, 1.82) is 0 Å². The topological polar surface area (TPSA) is 60.8 Å². The molecule has 0 radical (unpaired) electrons. The van der Waals surface area contributed by atoms with Crippen molar-refractivity contribution in [1.82, 2.24) is 4.90 Å². The summed E-state index contributed by atoms with van der Waals surface area (Å²) in [5, 5.41) is 16.7. The van der Waals surface area contributed by atoms with Gasteiger partial charge >= 0.3 is 5.97 Å². The number of carboxylic acids is 1. The Morgan fingerprint density at radius 2 is 1.82 bits per heavy atom. The van der Waals surface area contributed by atoms with Crippen LogP contribution in [0.5, 0.6) is 0 Å². The molecule has 4 nitrogen and oxygen atoms in total. The molecule has 0 amide bonds. The lowest BCUT2D eigenvalue weighted by atomic mass is 10.1. The van der Waals surface area contributed by atoms with Crippen molar-refractivity contribution in [3.63, 3.8) is 0 Å². The lowest BCUT2D eigenvalue weighted by molar-refractivity contribution is -0.137. The van der Waals surface area contributed by atoms with Crippen molar-refractivity contribution in [2.24, 2.45) is 0 Å². The zero-order valence-corrected chi connectivity index (χ0v) is 11.0. The summed E-state index contributed by atoms with van der Waals surface area (Å²) in [5.41, 5.74) is 0. The predicted molar refractivity (Wildman–Crippen MR) is 69.2 cm³/mol. The van der Waals surface area contributed by atoms with E-state index < -0.39 is 5.97 Å². The number of aliphatic hydroxyl groups is 1. The van der Waals surface area contributed by atoms with Crippen LogP contribution in [0.3, 0.4) is 0 Å². The van der Waals surface area contributed by atoms with Crippen LogP contribution in [0.1, 0.15) is 51.9 Å². The van der Waals surface area contributed by atoms with Gasteiger partial charge in [-0.3, -0.25) is 4.79 Å².